The number of imide groups is 1. The number of amides is 3. The molecule has 1 saturated carbocycles. The molecule has 24 heavy (non-hydrogen) atoms. The highest BCUT2D eigenvalue weighted by molar-refractivity contribution is 8.00. The summed E-state index contributed by atoms with van der Waals surface area (Å²) < 4.78 is 2.27. The summed E-state index contributed by atoms with van der Waals surface area (Å²) in [6, 6.07) is 7.65. The van der Waals surface area contributed by atoms with Crippen LogP contribution in [0, 0.1) is 0 Å². The lowest BCUT2D eigenvalue weighted by atomic mass is 9.95. The fourth-order valence-electron chi connectivity index (χ4n) is 3.23. The first kappa shape index (κ1) is 16.8. The van der Waals surface area contributed by atoms with E-state index in [1.807, 2.05) is 18.2 Å². The van der Waals surface area contributed by atoms with Gasteiger partial charge in [-0.25, -0.2) is 9.78 Å². The average Bonchev–Trinajstić information content (AvgIpc) is 2.92. The monoisotopic (exact) mass is 346 g/mol. The molecule has 0 unspecified atom stereocenters. The molecule has 1 fully saturated rings. The number of nitrogens with two attached hydrogens (primary N) is 1. The molecule has 1 atom stereocenters. The minimum atomic E-state index is -0.826. The number of carbonyl (C=O) groups is 2. The lowest BCUT2D eigenvalue weighted by molar-refractivity contribution is -0.119. The smallest absolute Gasteiger partial charge is 0.318 e. The maximum atomic E-state index is 12.0. The van der Waals surface area contributed by atoms with Crippen LogP contribution in [-0.4, -0.2) is 26.7 Å². The first-order valence-electron chi connectivity index (χ1n) is 8.30. The van der Waals surface area contributed by atoms with Gasteiger partial charge in [0.1, 0.15) is 0 Å². The fourth-order valence-corrected chi connectivity index (χ4v) is 4.23. The molecule has 1 aromatic carbocycles. The van der Waals surface area contributed by atoms with Gasteiger partial charge < -0.3 is 10.3 Å². The van der Waals surface area contributed by atoms with Gasteiger partial charge in [0.15, 0.2) is 5.16 Å². The molecule has 1 aromatic heterocycles. The number of thioether (sulfide) groups is 1. The zero-order chi connectivity index (χ0) is 17.1. The normalized spacial score (nSPS) is 16.9. The van der Waals surface area contributed by atoms with Crippen LogP contribution in [0.2, 0.25) is 0 Å². The number of carbonyl (C=O) groups excluding carboxylic acids is 2. The number of nitrogens with one attached hydrogen (secondary N) is 1. The van der Waals surface area contributed by atoms with E-state index < -0.39 is 17.2 Å². The third-order valence-electron chi connectivity index (χ3n) is 4.40. The van der Waals surface area contributed by atoms with E-state index in [-0.39, 0.29) is 0 Å². The van der Waals surface area contributed by atoms with Crippen molar-refractivity contribution in [3.05, 3.63) is 24.3 Å². The largest absolute Gasteiger partial charge is 0.351 e. The van der Waals surface area contributed by atoms with Crippen LogP contribution in [0.15, 0.2) is 29.4 Å². The summed E-state index contributed by atoms with van der Waals surface area (Å²) in [4.78, 5) is 27.6. The Kier molecular flexibility index (Phi) is 5.08. The number of rotatable bonds is 4. The highest BCUT2D eigenvalue weighted by Crippen LogP contribution is 2.36. The van der Waals surface area contributed by atoms with E-state index in [1.165, 1.54) is 31.0 Å². The molecule has 0 saturated heterocycles. The summed E-state index contributed by atoms with van der Waals surface area (Å²) in [5.41, 5.74) is 7.08. The van der Waals surface area contributed by atoms with Crippen LogP contribution in [0.5, 0.6) is 0 Å². The number of imidazole rings is 1. The van der Waals surface area contributed by atoms with E-state index in [0.717, 1.165) is 29.0 Å². The molecule has 1 aliphatic rings. The Morgan fingerprint density at radius 1 is 1.29 bits per heavy atom. The zero-order valence-electron chi connectivity index (χ0n) is 13.7. The van der Waals surface area contributed by atoms with Gasteiger partial charge in [-0.1, -0.05) is 43.2 Å². The number of urea groups is 1. The van der Waals surface area contributed by atoms with E-state index in [2.05, 4.69) is 16.0 Å². The van der Waals surface area contributed by atoms with Crippen molar-refractivity contribution in [2.45, 2.75) is 55.5 Å². The Morgan fingerprint density at radius 2 is 2.00 bits per heavy atom. The number of benzene rings is 1. The molecule has 3 amide bonds. The number of fused-ring (bicyclic) bond motifs is 1. The molecule has 1 aliphatic carbocycles. The molecule has 7 heteroatoms. The first-order chi connectivity index (χ1) is 11.6. The number of hydrogen-bond acceptors (Lipinski definition) is 4. The summed E-state index contributed by atoms with van der Waals surface area (Å²) in [6.45, 7) is 1.76. The predicted molar refractivity (Wildman–Crippen MR) is 94.9 cm³/mol. The standard InChI is InChI=1S/C17H22N4O2S/c1-11(15(22)20-16(18)23)24-17-19-13-9-5-6-10-14(13)21(17)12-7-3-2-4-8-12/h5-6,9-12H,2-4,7-8H2,1H3,(H3,18,20,22,23)/t11-/m0/s1. The van der Waals surface area contributed by atoms with Gasteiger partial charge in [0.2, 0.25) is 5.91 Å². The minimum absolute atomic E-state index is 0.394. The Balaban J connectivity index is 1.91. The quantitative estimate of drug-likeness (QED) is 0.832. The molecule has 0 radical (unpaired) electrons. The molecule has 3 rings (SSSR count). The van der Waals surface area contributed by atoms with Gasteiger partial charge in [0, 0.05) is 6.04 Å². The van der Waals surface area contributed by atoms with Crippen molar-refractivity contribution in [1.82, 2.24) is 14.9 Å². The van der Waals surface area contributed by atoms with Crippen LogP contribution in [0.3, 0.4) is 0 Å². The van der Waals surface area contributed by atoms with E-state index in [1.54, 1.807) is 6.92 Å². The highest BCUT2D eigenvalue weighted by atomic mass is 32.2. The van der Waals surface area contributed by atoms with Crippen LogP contribution >= 0.6 is 11.8 Å². The Morgan fingerprint density at radius 3 is 2.71 bits per heavy atom. The van der Waals surface area contributed by atoms with Crippen LogP contribution < -0.4 is 11.1 Å². The number of para-hydroxylation sites is 2. The number of primary amides is 1. The maximum Gasteiger partial charge on any atom is 0.318 e. The van der Waals surface area contributed by atoms with E-state index >= 15 is 0 Å². The third-order valence-corrected chi connectivity index (χ3v) is 5.47. The predicted octanol–water partition coefficient (Wildman–Crippen LogP) is 3.22. The Labute approximate surface area is 145 Å². The highest BCUT2D eigenvalue weighted by Gasteiger charge is 2.25. The molecule has 0 bridgehead atoms. The Hall–Kier alpha value is -2.02. The number of nitrogens with zero attached hydrogens (tertiary/aromatic N) is 2. The first-order valence-corrected chi connectivity index (χ1v) is 9.18. The molecular formula is C17H22N4O2S. The van der Waals surface area contributed by atoms with Gasteiger partial charge in [-0.05, 0) is 31.9 Å². The van der Waals surface area contributed by atoms with E-state index in [0.29, 0.717) is 6.04 Å². The van der Waals surface area contributed by atoms with Gasteiger partial charge in [-0.2, -0.15) is 0 Å². The van der Waals surface area contributed by atoms with Crippen molar-refractivity contribution in [2.24, 2.45) is 5.73 Å². The second-order valence-corrected chi connectivity index (χ2v) is 7.47. The maximum absolute atomic E-state index is 12.0. The van der Waals surface area contributed by atoms with Crippen LogP contribution in [-0.2, 0) is 4.79 Å². The van der Waals surface area contributed by atoms with Crippen LogP contribution in [0.25, 0.3) is 11.0 Å². The second-order valence-electron chi connectivity index (χ2n) is 6.16. The molecule has 2 aromatic rings. The van der Waals surface area contributed by atoms with Crippen molar-refractivity contribution in [3.63, 3.8) is 0 Å². The molecule has 6 nitrogen and oxygen atoms in total. The molecule has 3 N–H and O–H groups in total. The van der Waals surface area contributed by atoms with Crippen molar-refractivity contribution in [1.29, 1.82) is 0 Å². The van der Waals surface area contributed by atoms with E-state index in [9.17, 15) is 9.59 Å². The molecule has 128 valence electrons. The summed E-state index contributed by atoms with van der Waals surface area (Å²) in [6.07, 6.45) is 5.99. The van der Waals surface area contributed by atoms with Gasteiger partial charge in [-0.15, -0.1) is 0 Å². The van der Waals surface area contributed by atoms with Crippen molar-refractivity contribution < 1.29 is 9.59 Å². The van der Waals surface area contributed by atoms with Crippen molar-refractivity contribution >= 4 is 34.7 Å². The van der Waals surface area contributed by atoms with Crippen molar-refractivity contribution in [2.75, 3.05) is 0 Å². The Bertz CT molecular complexity index is 752. The number of hydrogen-bond donors (Lipinski definition) is 2. The molecule has 0 aliphatic heterocycles. The summed E-state index contributed by atoms with van der Waals surface area (Å²) in [5, 5.41) is 2.52. The van der Waals surface area contributed by atoms with Crippen molar-refractivity contribution in [3.8, 4) is 0 Å². The lowest BCUT2D eigenvalue weighted by Gasteiger charge is -2.25. The third kappa shape index (κ3) is 3.56. The zero-order valence-corrected chi connectivity index (χ0v) is 14.5. The summed E-state index contributed by atoms with van der Waals surface area (Å²) in [7, 11) is 0. The minimum Gasteiger partial charge on any atom is -0.351 e. The van der Waals surface area contributed by atoms with Gasteiger partial charge in [0.25, 0.3) is 0 Å². The average molecular weight is 346 g/mol. The molecular weight excluding hydrogens is 324 g/mol. The van der Waals surface area contributed by atoms with Crippen LogP contribution in [0.1, 0.15) is 45.1 Å². The molecule has 0 spiro atoms. The summed E-state index contributed by atoms with van der Waals surface area (Å²) in [5.74, 6) is -0.394. The lowest BCUT2D eigenvalue weighted by Crippen LogP contribution is -2.39. The SMILES string of the molecule is C[C@H](Sc1nc2ccccc2n1C1CCCCC1)C(=O)NC(N)=O. The van der Waals surface area contributed by atoms with Gasteiger partial charge >= 0.3 is 6.03 Å². The van der Waals surface area contributed by atoms with E-state index in [4.69, 9.17) is 10.7 Å². The summed E-state index contributed by atoms with van der Waals surface area (Å²) >= 11 is 1.37. The van der Waals surface area contributed by atoms with Crippen LogP contribution in [0.4, 0.5) is 4.79 Å². The topological polar surface area (TPSA) is 90.0 Å². The molecule has 1 heterocycles. The fraction of sp³-hybridized carbons (Fsp3) is 0.471. The second kappa shape index (κ2) is 7.25. The number of aromatic nitrogens is 2. The van der Waals surface area contributed by atoms with Gasteiger partial charge in [0.05, 0.1) is 16.3 Å². The van der Waals surface area contributed by atoms with Gasteiger partial charge in [-0.3, -0.25) is 10.1 Å².